The summed E-state index contributed by atoms with van der Waals surface area (Å²) in [6, 6.07) is 10.1. The number of hydrogen-bond acceptors (Lipinski definition) is 4. The van der Waals surface area contributed by atoms with E-state index in [4.69, 9.17) is 14.5 Å². The first-order chi connectivity index (χ1) is 9.70. The normalized spacial score (nSPS) is 16.9. The van der Waals surface area contributed by atoms with E-state index in [9.17, 15) is 0 Å². The van der Waals surface area contributed by atoms with Crippen molar-refractivity contribution in [2.24, 2.45) is 5.41 Å². The van der Waals surface area contributed by atoms with E-state index in [1.54, 1.807) is 7.11 Å². The van der Waals surface area contributed by atoms with Gasteiger partial charge in [-0.15, -0.1) is 0 Å². The molecular weight excluding hydrogens is 252 g/mol. The third-order valence-corrected chi connectivity index (χ3v) is 3.72. The van der Waals surface area contributed by atoms with Crippen LogP contribution in [-0.2, 0) is 11.3 Å². The predicted octanol–water partition coefficient (Wildman–Crippen LogP) is 2.37. The van der Waals surface area contributed by atoms with E-state index in [1.807, 2.05) is 12.1 Å². The predicted molar refractivity (Wildman–Crippen MR) is 78.9 cm³/mol. The van der Waals surface area contributed by atoms with E-state index in [1.165, 1.54) is 0 Å². The second-order valence-electron chi connectivity index (χ2n) is 5.74. The number of fused-ring (bicyclic) bond motifs is 1. The van der Waals surface area contributed by atoms with Crippen molar-refractivity contribution in [1.82, 2.24) is 10.3 Å². The van der Waals surface area contributed by atoms with Crippen LogP contribution < -0.4 is 10.1 Å². The highest BCUT2D eigenvalue weighted by Crippen LogP contribution is 2.26. The van der Waals surface area contributed by atoms with Crippen molar-refractivity contribution in [2.75, 3.05) is 26.9 Å². The maximum Gasteiger partial charge on any atom is 0.145 e. The number of benzene rings is 1. The molecule has 1 aromatic heterocycles. The molecule has 0 radical (unpaired) electrons. The van der Waals surface area contributed by atoms with Crippen LogP contribution in [0.2, 0.25) is 0 Å². The van der Waals surface area contributed by atoms with Crippen molar-refractivity contribution in [3.05, 3.63) is 36.0 Å². The van der Waals surface area contributed by atoms with Crippen LogP contribution in [0.4, 0.5) is 0 Å². The summed E-state index contributed by atoms with van der Waals surface area (Å²) in [5.74, 6) is 0.823. The van der Waals surface area contributed by atoms with Crippen LogP contribution in [0.15, 0.2) is 30.3 Å². The molecular formula is C16H20N2O2. The summed E-state index contributed by atoms with van der Waals surface area (Å²) in [4.78, 5) is 4.69. The molecule has 1 N–H and O–H groups in total. The van der Waals surface area contributed by atoms with Crippen molar-refractivity contribution < 1.29 is 9.47 Å². The highest BCUT2D eigenvalue weighted by molar-refractivity contribution is 5.84. The molecule has 0 atom stereocenters. The first kappa shape index (κ1) is 13.3. The number of rotatable bonds is 5. The third-order valence-electron chi connectivity index (χ3n) is 3.72. The highest BCUT2D eigenvalue weighted by atomic mass is 16.5. The average Bonchev–Trinajstić information content (AvgIpc) is 2.44. The summed E-state index contributed by atoms with van der Waals surface area (Å²) in [5, 5.41) is 4.57. The molecule has 0 spiro atoms. The zero-order chi connectivity index (χ0) is 14.0. The van der Waals surface area contributed by atoms with Crippen molar-refractivity contribution >= 4 is 10.9 Å². The fraction of sp³-hybridized carbons (Fsp3) is 0.438. The van der Waals surface area contributed by atoms with Gasteiger partial charge in [-0.25, -0.2) is 4.98 Å². The molecule has 2 heterocycles. The van der Waals surface area contributed by atoms with Crippen LogP contribution in [0.25, 0.3) is 10.9 Å². The molecule has 0 bridgehead atoms. The minimum absolute atomic E-state index is 0.286. The lowest BCUT2D eigenvalue weighted by atomic mass is 9.89. The quantitative estimate of drug-likeness (QED) is 0.907. The van der Waals surface area contributed by atoms with Gasteiger partial charge in [-0.3, -0.25) is 0 Å². The molecule has 20 heavy (non-hydrogen) atoms. The first-order valence-electron chi connectivity index (χ1n) is 6.91. The van der Waals surface area contributed by atoms with E-state index in [0.29, 0.717) is 0 Å². The van der Waals surface area contributed by atoms with Crippen LogP contribution in [-0.4, -0.2) is 31.9 Å². The van der Waals surface area contributed by atoms with Gasteiger partial charge in [0, 0.05) is 23.9 Å². The molecule has 0 aliphatic carbocycles. The van der Waals surface area contributed by atoms with Gasteiger partial charge in [-0.05, 0) is 12.1 Å². The minimum Gasteiger partial charge on any atom is -0.494 e. The van der Waals surface area contributed by atoms with Crippen LogP contribution >= 0.6 is 0 Å². The fourth-order valence-electron chi connectivity index (χ4n) is 2.47. The van der Waals surface area contributed by atoms with Crippen LogP contribution in [0, 0.1) is 5.41 Å². The first-order valence-corrected chi connectivity index (χ1v) is 6.91. The maximum absolute atomic E-state index is 5.37. The Balaban J connectivity index is 1.71. The Labute approximate surface area is 119 Å². The summed E-state index contributed by atoms with van der Waals surface area (Å²) < 4.78 is 10.6. The summed E-state index contributed by atoms with van der Waals surface area (Å²) in [6.45, 7) is 5.65. The summed E-state index contributed by atoms with van der Waals surface area (Å²) in [6.07, 6.45) is 0. The van der Waals surface area contributed by atoms with Crippen molar-refractivity contribution in [3.63, 3.8) is 0 Å². The topological polar surface area (TPSA) is 43.4 Å². The molecule has 4 heteroatoms. The molecule has 1 aromatic carbocycles. The number of aromatic nitrogens is 1. The third kappa shape index (κ3) is 2.62. The van der Waals surface area contributed by atoms with Gasteiger partial charge in [0.2, 0.25) is 0 Å². The maximum atomic E-state index is 5.37. The molecule has 2 aromatic rings. The number of pyridine rings is 1. The second-order valence-corrected chi connectivity index (χ2v) is 5.74. The molecule has 0 unspecified atom stereocenters. The Morgan fingerprint density at radius 3 is 2.85 bits per heavy atom. The van der Waals surface area contributed by atoms with Crippen LogP contribution in [0.5, 0.6) is 5.75 Å². The number of methoxy groups -OCH3 is 1. The standard InChI is InChI=1S/C16H20N2O2/c1-16(10-20-11-16)9-17-8-13-7-6-12-4-3-5-14(19-2)15(12)18-13/h3-7,17H,8-11H2,1-2H3. The SMILES string of the molecule is COc1cccc2ccc(CNCC3(C)COC3)nc12. The lowest BCUT2D eigenvalue weighted by molar-refractivity contribution is -0.0991. The number of hydrogen-bond donors (Lipinski definition) is 1. The van der Waals surface area contributed by atoms with Gasteiger partial charge >= 0.3 is 0 Å². The molecule has 106 valence electrons. The van der Waals surface area contributed by atoms with Gasteiger partial charge in [-0.1, -0.05) is 25.1 Å². The van der Waals surface area contributed by atoms with Gasteiger partial charge < -0.3 is 14.8 Å². The number of ether oxygens (including phenoxy) is 2. The Bertz CT molecular complexity index is 608. The monoisotopic (exact) mass is 272 g/mol. The Kier molecular flexibility index (Phi) is 3.59. The molecule has 1 saturated heterocycles. The number of nitrogens with one attached hydrogen (secondary N) is 1. The van der Waals surface area contributed by atoms with Gasteiger partial charge in [-0.2, -0.15) is 0 Å². The Morgan fingerprint density at radius 2 is 2.15 bits per heavy atom. The van der Waals surface area contributed by atoms with Gasteiger partial charge in [0.15, 0.2) is 0 Å². The molecule has 1 aliphatic rings. The van der Waals surface area contributed by atoms with Crippen LogP contribution in [0.1, 0.15) is 12.6 Å². The fourth-order valence-corrected chi connectivity index (χ4v) is 2.47. The van der Waals surface area contributed by atoms with E-state index >= 15 is 0 Å². The van der Waals surface area contributed by atoms with Crippen molar-refractivity contribution in [3.8, 4) is 5.75 Å². The molecule has 3 rings (SSSR count). The smallest absolute Gasteiger partial charge is 0.145 e. The lowest BCUT2D eigenvalue weighted by Crippen LogP contribution is -2.47. The van der Waals surface area contributed by atoms with Crippen molar-refractivity contribution in [2.45, 2.75) is 13.5 Å². The molecule has 0 amide bonds. The lowest BCUT2D eigenvalue weighted by Gasteiger charge is -2.38. The average molecular weight is 272 g/mol. The van der Waals surface area contributed by atoms with Crippen molar-refractivity contribution in [1.29, 1.82) is 0 Å². The van der Waals surface area contributed by atoms with Crippen LogP contribution in [0.3, 0.4) is 0 Å². The molecule has 1 fully saturated rings. The zero-order valence-corrected chi connectivity index (χ0v) is 12.0. The van der Waals surface area contributed by atoms with Gasteiger partial charge in [0.25, 0.3) is 0 Å². The van der Waals surface area contributed by atoms with E-state index in [-0.39, 0.29) is 5.41 Å². The molecule has 1 aliphatic heterocycles. The summed E-state index contributed by atoms with van der Waals surface area (Å²) >= 11 is 0. The number of para-hydroxylation sites is 1. The largest absolute Gasteiger partial charge is 0.494 e. The molecule has 0 saturated carbocycles. The molecule has 4 nitrogen and oxygen atoms in total. The Morgan fingerprint density at radius 1 is 1.30 bits per heavy atom. The summed E-state index contributed by atoms with van der Waals surface area (Å²) in [5.41, 5.74) is 2.24. The number of nitrogens with zero attached hydrogens (tertiary/aromatic N) is 1. The van der Waals surface area contributed by atoms with E-state index in [2.05, 4.69) is 30.4 Å². The van der Waals surface area contributed by atoms with E-state index < -0.39 is 0 Å². The Hall–Kier alpha value is -1.65. The second kappa shape index (κ2) is 5.38. The minimum atomic E-state index is 0.286. The zero-order valence-electron chi connectivity index (χ0n) is 12.0. The van der Waals surface area contributed by atoms with Gasteiger partial charge in [0.05, 0.1) is 26.0 Å². The highest BCUT2D eigenvalue weighted by Gasteiger charge is 2.32. The van der Waals surface area contributed by atoms with Gasteiger partial charge in [0.1, 0.15) is 11.3 Å². The summed E-state index contributed by atoms with van der Waals surface area (Å²) in [7, 11) is 1.68. The van der Waals surface area contributed by atoms with E-state index in [0.717, 1.165) is 48.6 Å².